The van der Waals surface area contributed by atoms with Crippen LogP contribution in [0.3, 0.4) is 0 Å². The van der Waals surface area contributed by atoms with E-state index >= 15 is 0 Å². The number of benzene rings is 2. The number of anilines is 1. The molecule has 0 heterocycles. The van der Waals surface area contributed by atoms with Crippen LogP contribution in [0.2, 0.25) is 0 Å². The van der Waals surface area contributed by atoms with Crippen molar-refractivity contribution < 1.29 is 53.1 Å². The molecule has 2 aromatic carbocycles. The predicted octanol–water partition coefficient (Wildman–Crippen LogP) is 6.39. The van der Waals surface area contributed by atoms with Gasteiger partial charge in [0, 0.05) is 5.56 Å². The van der Waals surface area contributed by atoms with E-state index in [4.69, 9.17) is 0 Å². The summed E-state index contributed by atoms with van der Waals surface area (Å²) in [7, 11) is 0. The van der Waals surface area contributed by atoms with Crippen molar-refractivity contribution >= 4 is 11.6 Å². The molecule has 0 saturated heterocycles. The highest BCUT2D eigenvalue weighted by atomic mass is 19.4. The third kappa shape index (κ3) is 4.19. The van der Waals surface area contributed by atoms with E-state index < -0.39 is 64.4 Å². The van der Waals surface area contributed by atoms with Crippen molar-refractivity contribution in [2.45, 2.75) is 24.2 Å². The Kier molecular flexibility index (Phi) is 5.80. The number of halogens is 11. The molecular weight excluding hydrogens is 443 g/mol. The molecule has 0 fully saturated rings. The number of carbonyl (C=O) groups excluding carboxylic acids is 1. The first-order valence-corrected chi connectivity index (χ1v) is 7.60. The minimum atomic E-state index is -6.63. The van der Waals surface area contributed by atoms with Crippen LogP contribution in [0.25, 0.3) is 0 Å². The summed E-state index contributed by atoms with van der Waals surface area (Å²) in [6, 6.07) is 3.06. The molecule has 1 N–H and O–H groups in total. The van der Waals surface area contributed by atoms with Gasteiger partial charge < -0.3 is 5.32 Å². The fraction of sp³-hybridized carbons (Fsp3) is 0.235. The van der Waals surface area contributed by atoms with E-state index in [2.05, 4.69) is 0 Å². The highest BCUT2D eigenvalue weighted by Gasteiger charge is 2.73. The third-order valence-electron chi connectivity index (χ3n) is 3.87. The smallest absolute Gasteiger partial charge is 0.321 e. The standard InChI is InChI=1S/C17H8F11NO/c18-11-4-2-1-3-9(11)13(30)29-12-6-5-8(7-10(12)15(20,21)22)14(19,16(23,24)25)17(26,27)28/h1-7H,(H,29,30). The maximum absolute atomic E-state index is 14.1. The summed E-state index contributed by atoms with van der Waals surface area (Å²) < 4.78 is 144. The zero-order chi connectivity index (χ0) is 23.1. The van der Waals surface area contributed by atoms with E-state index in [1.807, 2.05) is 0 Å². The van der Waals surface area contributed by atoms with Crippen molar-refractivity contribution in [2.24, 2.45) is 0 Å². The van der Waals surface area contributed by atoms with Gasteiger partial charge in [0.2, 0.25) is 0 Å². The Morgan fingerprint density at radius 1 is 0.767 bits per heavy atom. The Balaban J connectivity index is 2.61. The third-order valence-corrected chi connectivity index (χ3v) is 3.87. The Hall–Kier alpha value is -2.86. The molecular formula is C17H8F11NO. The lowest BCUT2D eigenvalue weighted by molar-refractivity contribution is -0.348. The first-order valence-electron chi connectivity index (χ1n) is 7.60. The first kappa shape index (κ1) is 23.4. The Morgan fingerprint density at radius 3 is 1.77 bits per heavy atom. The lowest BCUT2D eigenvalue weighted by Crippen LogP contribution is -2.50. The van der Waals surface area contributed by atoms with Gasteiger partial charge in [0.05, 0.1) is 16.8 Å². The molecule has 0 saturated carbocycles. The van der Waals surface area contributed by atoms with E-state index in [1.54, 1.807) is 5.32 Å². The van der Waals surface area contributed by atoms with Crippen LogP contribution in [0.1, 0.15) is 21.5 Å². The summed E-state index contributed by atoms with van der Waals surface area (Å²) >= 11 is 0. The summed E-state index contributed by atoms with van der Waals surface area (Å²) in [4.78, 5) is 12.0. The van der Waals surface area contributed by atoms with Crippen molar-refractivity contribution in [1.82, 2.24) is 0 Å². The fourth-order valence-corrected chi connectivity index (χ4v) is 2.43. The topological polar surface area (TPSA) is 29.1 Å². The number of hydrogen-bond donors (Lipinski definition) is 1. The molecule has 0 aromatic heterocycles. The van der Waals surface area contributed by atoms with Gasteiger partial charge in [-0.3, -0.25) is 4.79 Å². The quantitative estimate of drug-likeness (QED) is 0.539. The van der Waals surface area contributed by atoms with E-state index in [0.29, 0.717) is 0 Å². The normalized spacial score (nSPS) is 13.3. The maximum Gasteiger partial charge on any atom is 0.435 e. The maximum atomic E-state index is 14.1. The molecule has 2 rings (SSSR count). The summed E-state index contributed by atoms with van der Waals surface area (Å²) in [5, 5.41) is 1.55. The molecule has 0 unspecified atom stereocenters. The number of alkyl halides is 10. The lowest BCUT2D eigenvalue weighted by Gasteiger charge is -2.31. The van der Waals surface area contributed by atoms with Gasteiger partial charge in [0.15, 0.2) is 0 Å². The number of amides is 1. The summed E-state index contributed by atoms with van der Waals surface area (Å²) in [6.45, 7) is 0. The minimum absolute atomic E-state index is 0.0166. The molecule has 2 nitrogen and oxygen atoms in total. The van der Waals surface area contributed by atoms with Crippen LogP contribution in [-0.2, 0) is 11.8 Å². The van der Waals surface area contributed by atoms with Gasteiger partial charge in [-0.1, -0.05) is 18.2 Å². The second-order valence-corrected chi connectivity index (χ2v) is 5.85. The molecule has 0 aliphatic rings. The Bertz CT molecular complexity index is 930. The highest BCUT2D eigenvalue weighted by molar-refractivity contribution is 6.04. The number of hydrogen-bond acceptors (Lipinski definition) is 1. The van der Waals surface area contributed by atoms with Gasteiger partial charge in [-0.15, -0.1) is 0 Å². The molecule has 0 radical (unpaired) electrons. The summed E-state index contributed by atoms with van der Waals surface area (Å²) in [6.07, 6.45) is -18.9. The second kappa shape index (κ2) is 7.43. The van der Waals surface area contributed by atoms with Gasteiger partial charge in [0.25, 0.3) is 5.91 Å². The van der Waals surface area contributed by atoms with Gasteiger partial charge in [-0.2, -0.15) is 39.5 Å². The molecule has 0 bridgehead atoms. The first-order chi connectivity index (χ1) is 13.5. The van der Waals surface area contributed by atoms with Crippen molar-refractivity contribution in [3.8, 4) is 0 Å². The zero-order valence-corrected chi connectivity index (χ0v) is 14.1. The van der Waals surface area contributed by atoms with Gasteiger partial charge in [-0.25, -0.2) is 8.78 Å². The summed E-state index contributed by atoms with van der Waals surface area (Å²) in [5.41, 5.74) is -12.7. The van der Waals surface area contributed by atoms with Gasteiger partial charge in [0.1, 0.15) is 5.82 Å². The van der Waals surface area contributed by atoms with E-state index in [1.165, 1.54) is 0 Å². The van der Waals surface area contributed by atoms with Crippen LogP contribution in [0.5, 0.6) is 0 Å². The van der Waals surface area contributed by atoms with Crippen LogP contribution in [-0.4, -0.2) is 18.3 Å². The van der Waals surface area contributed by atoms with Crippen molar-refractivity contribution in [3.63, 3.8) is 0 Å². The zero-order valence-electron chi connectivity index (χ0n) is 14.1. The van der Waals surface area contributed by atoms with Crippen molar-refractivity contribution in [3.05, 3.63) is 65.0 Å². The average Bonchev–Trinajstić information content (AvgIpc) is 2.58. The van der Waals surface area contributed by atoms with Crippen molar-refractivity contribution in [2.75, 3.05) is 5.32 Å². The van der Waals surface area contributed by atoms with E-state index in [0.717, 1.165) is 24.3 Å². The Labute approximate surface area is 160 Å². The van der Waals surface area contributed by atoms with Crippen LogP contribution in [0, 0.1) is 5.82 Å². The molecule has 0 aliphatic carbocycles. The predicted molar refractivity (Wildman–Crippen MR) is 80.7 cm³/mol. The molecule has 30 heavy (non-hydrogen) atoms. The fourth-order valence-electron chi connectivity index (χ4n) is 2.43. The molecule has 13 heteroatoms. The lowest BCUT2D eigenvalue weighted by atomic mass is 9.92. The molecule has 164 valence electrons. The van der Waals surface area contributed by atoms with Crippen molar-refractivity contribution in [1.29, 1.82) is 0 Å². The molecule has 0 spiro atoms. The highest BCUT2D eigenvalue weighted by Crippen LogP contribution is 2.54. The molecule has 0 aliphatic heterocycles. The van der Waals surface area contributed by atoms with Crippen LogP contribution in [0.4, 0.5) is 54.0 Å². The SMILES string of the molecule is O=C(Nc1ccc(C(F)(C(F)(F)F)C(F)(F)F)cc1C(F)(F)F)c1ccccc1F. The Morgan fingerprint density at radius 2 is 1.30 bits per heavy atom. The second-order valence-electron chi connectivity index (χ2n) is 5.85. The monoisotopic (exact) mass is 451 g/mol. The van der Waals surface area contributed by atoms with E-state index in [9.17, 15) is 53.1 Å². The average molecular weight is 451 g/mol. The van der Waals surface area contributed by atoms with Crippen LogP contribution >= 0.6 is 0 Å². The minimum Gasteiger partial charge on any atom is -0.321 e. The molecule has 0 atom stereocenters. The summed E-state index contributed by atoms with van der Waals surface area (Å²) in [5.74, 6) is -2.62. The van der Waals surface area contributed by atoms with E-state index in [-0.39, 0.29) is 12.1 Å². The van der Waals surface area contributed by atoms with Crippen LogP contribution < -0.4 is 5.32 Å². The largest absolute Gasteiger partial charge is 0.435 e. The molecule has 2 aromatic rings. The van der Waals surface area contributed by atoms with Gasteiger partial charge >= 0.3 is 24.2 Å². The number of rotatable bonds is 3. The number of nitrogens with one attached hydrogen (secondary N) is 1. The van der Waals surface area contributed by atoms with Gasteiger partial charge in [-0.05, 0) is 24.3 Å². The van der Waals surface area contributed by atoms with Crippen LogP contribution in [0.15, 0.2) is 42.5 Å². The number of carbonyl (C=O) groups is 1. The molecule has 1 amide bonds.